The fourth-order valence-electron chi connectivity index (χ4n) is 3.20. The van der Waals surface area contributed by atoms with Gasteiger partial charge in [-0.1, -0.05) is 6.42 Å². The van der Waals surface area contributed by atoms with Gasteiger partial charge in [-0.3, -0.25) is 9.69 Å². The minimum atomic E-state index is -0.0377. The van der Waals surface area contributed by atoms with Crippen LogP contribution < -0.4 is 5.32 Å². The molecular weight excluding hydrogens is 292 g/mol. The second-order valence-corrected chi connectivity index (χ2v) is 6.82. The molecule has 2 aliphatic rings. The molecule has 0 aromatic heterocycles. The number of unbranched alkanes of at least 4 members (excludes halogenated alkanes) is 2. The molecule has 23 heavy (non-hydrogen) atoms. The van der Waals surface area contributed by atoms with E-state index in [0.717, 1.165) is 39.3 Å². The Balaban J connectivity index is 1.47. The SMILES string of the molecule is CC(C(=O)NCCCCCN1CCN(C)CC1)N1CCOCC1. The second kappa shape index (κ2) is 10.2. The number of carbonyl (C=O) groups is 1. The van der Waals surface area contributed by atoms with Crippen LogP contribution in [0.5, 0.6) is 0 Å². The van der Waals surface area contributed by atoms with Gasteiger partial charge in [0.2, 0.25) is 5.91 Å². The van der Waals surface area contributed by atoms with Crippen molar-refractivity contribution >= 4 is 5.91 Å². The molecule has 1 amide bonds. The van der Waals surface area contributed by atoms with E-state index < -0.39 is 0 Å². The number of nitrogens with zero attached hydrogens (tertiary/aromatic N) is 3. The predicted molar refractivity (Wildman–Crippen MR) is 92.7 cm³/mol. The van der Waals surface area contributed by atoms with E-state index in [4.69, 9.17) is 4.74 Å². The van der Waals surface area contributed by atoms with E-state index in [2.05, 4.69) is 27.1 Å². The third-order valence-electron chi connectivity index (χ3n) is 5.02. The molecule has 1 atom stereocenters. The van der Waals surface area contributed by atoms with Gasteiger partial charge in [0.15, 0.2) is 0 Å². The van der Waals surface area contributed by atoms with Crippen LogP contribution in [0.2, 0.25) is 0 Å². The van der Waals surface area contributed by atoms with Gasteiger partial charge < -0.3 is 19.9 Å². The highest BCUT2D eigenvalue weighted by Gasteiger charge is 2.22. The molecule has 0 spiro atoms. The van der Waals surface area contributed by atoms with Gasteiger partial charge in [-0.25, -0.2) is 0 Å². The molecule has 6 heteroatoms. The first-order valence-electron chi connectivity index (χ1n) is 9.17. The van der Waals surface area contributed by atoms with E-state index in [1.54, 1.807) is 0 Å². The zero-order chi connectivity index (χ0) is 16.5. The van der Waals surface area contributed by atoms with Crippen LogP contribution in [0.1, 0.15) is 26.2 Å². The normalized spacial score (nSPS) is 22.9. The van der Waals surface area contributed by atoms with Crippen LogP contribution in [0.15, 0.2) is 0 Å². The topological polar surface area (TPSA) is 48.1 Å². The average molecular weight is 326 g/mol. The molecule has 0 aliphatic carbocycles. The molecule has 0 saturated carbocycles. The summed E-state index contributed by atoms with van der Waals surface area (Å²) in [6.07, 6.45) is 3.51. The number of carbonyl (C=O) groups excluding carboxylic acids is 1. The Kier molecular flexibility index (Phi) is 8.30. The molecule has 2 heterocycles. The van der Waals surface area contributed by atoms with Gasteiger partial charge in [-0.05, 0) is 33.4 Å². The Morgan fingerprint density at radius 1 is 1.04 bits per heavy atom. The van der Waals surface area contributed by atoms with Crippen molar-refractivity contribution in [2.45, 2.75) is 32.2 Å². The lowest BCUT2D eigenvalue weighted by Gasteiger charge is -2.32. The van der Waals surface area contributed by atoms with Crippen LogP contribution in [-0.2, 0) is 9.53 Å². The van der Waals surface area contributed by atoms with Crippen molar-refractivity contribution in [3.05, 3.63) is 0 Å². The van der Waals surface area contributed by atoms with Crippen LogP contribution in [0.25, 0.3) is 0 Å². The van der Waals surface area contributed by atoms with Crippen LogP contribution in [0.3, 0.4) is 0 Å². The van der Waals surface area contributed by atoms with Gasteiger partial charge in [0.05, 0.1) is 19.3 Å². The summed E-state index contributed by atoms with van der Waals surface area (Å²) in [6.45, 7) is 12.0. The summed E-state index contributed by atoms with van der Waals surface area (Å²) in [6, 6.07) is -0.0377. The number of hydrogen-bond acceptors (Lipinski definition) is 5. The summed E-state index contributed by atoms with van der Waals surface area (Å²) in [5.74, 6) is 0.158. The molecule has 2 aliphatic heterocycles. The van der Waals surface area contributed by atoms with E-state index in [9.17, 15) is 4.79 Å². The number of hydrogen-bond donors (Lipinski definition) is 1. The third-order valence-corrected chi connectivity index (χ3v) is 5.02. The predicted octanol–water partition coefficient (Wildman–Crippen LogP) is 0.241. The first-order chi connectivity index (χ1) is 11.2. The van der Waals surface area contributed by atoms with Gasteiger partial charge in [-0.2, -0.15) is 0 Å². The monoisotopic (exact) mass is 326 g/mol. The largest absolute Gasteiger partial charge is 0.379 e. The summed E-state index contributed by atoms with van der Waals surface area (Å²) in [7, 11) is 2.19. The van der Waals surface area contributed by atoms with E-state index in [-0.39, 0.29) is 11.9 Å². The summed E-state index contributed by atoms with van der Waals surface area (Å²) in [5, 5.41) is 3.08. The molecule has 0 radical (unpaired) electrons. The van der Waals surface area contributed by atoms with Crippen molar-refractivity contribution in [1.29, 1.82) is 0 Å². The standard InChI is InChI=1S/C17H34N4O2/c1-16(21-12-14-23-15-13-21)17(22)18-6-4-3-5-7-20-10-8-19(2)9-11-20/h16H,3-15H2,1-2H3,(H,18,22). The molecule has 6 nitrogen and oxygen atoms in total. The van der Waals surface area contributed by atoms with E-state index in [1.807, 2.05) is 6.92 Å². The van der Waals surface area contributed by atoms with Crippen LogP contribution in [0.4, 0.5) is 0 Å². The van der Waals surface area contributed by atoms with Crippen LogP contribution >= 0.6 is 0 Å². The van der Waals surface area contributed by atoms with E-state index in [1.165, 1.54) is 45.6 Å². The fourth-order valence-corrected chi connectivity index (χ4v) is 3.20. The number of amides is 1. The van der Waals surface area contributed by atoms with Gasteiger partial charge in [0.25, 0.3) is 0 Å². The summed E-state index contributed by atoms with van der Waals surface area (Å²) >= 11 is 0. The first kappa shape index (κ1) is 18.6. The molecule has 1 unspecified atom stereocenters. The van der Waals surface area contributed by atoms with Gasteiger partial charge in [0.1, 0.15) is 0 Å². The Morgan fingerprint density at radius 3 is 2.43 bits per heavy atom. The van der Waals surface area contributed by atoms with Crippen molar-refractivity contribution in [1.82, 2.24) is 20.0 Å². The fraction of sp³-hybridized carbons (Fsp3) is 0.941. The highest BCUT2D eigenvalue weighted by atomic mass is 16.5. The van der Waals surface area contributed by atoms with Crippen molar-refractivity contribution < 1.29 is 9.53 Å². The smallest absolute Gasteiger partial charge is 0.237 e. The number of rotatable bonds is 8. The molecular formula is C17H34N4O2. The van der Waals surface area contributed by atoms with Gasteiger partial charge >= 0.3 is 0 Å². The molecule has 134 valence electrons. The summed E-state index contributed by atoms with van der Waals surface area (Å²) < 4.78 is 5.33. The highest BCUT2D eigenvalue weighted by Crippen LogP contribution is 2.05. The Labute approximate surface area is 141 Å². The van der Waals surface area contributed by atoms with Gasteiger partial charge in [0, 0.05) is 45.8 Å². The molecule has 2 fully saturated rings. The number of piperazine rings is 1. The number of ether oxygens (including phenoxy) is 1. The number of morpholine rings is 1. The minimum absolute atomic E-state index is 0.0377. The lowest BCUT2D eigenvalue weighted by molar-refractivity contribution is -0.127. The second-order valence-electron chi connectivity index (χ2n) is 6.82. The summed E-state index contributed by atoms with van der Waals surface area (Å²) in [4.78, 5) is 19.3. The van der Waals surface area contributed by atoms with Crippen molar-refractivity contribution in [2.75, 3.05) is 72.6 Å². The molecule has 0 bridgehead atoms. The maximum atomic E-state index is 12.1. The summed E-state index contributed by atoms with van der Waals surface area (Å²) in [5.41, 5.74) is 0. The lowest BCUT2D eigenvalue weighted by Crippen LogP contribution is -2.49. The average Bonchev–Trinajstić information content (AvgIpc) is 2.59. The van der Waals surface area contributed by atoms with Crippen LogP contribution in [0, 0.1) is 0 Å². The maximum Gasteiger partial charge on any atom is 0.237 e. The highest BCUT2D eigenvalue weighted by molar-refractivity contribution is 5.81. The van der Waals surface area contributed by atoms with Crippen molar-refractivity contribution in [3.8, 4) is 0 Å². The zero-order valence-corrected chi connectivity index (χ0v) is 14.9. The van der Waals surface area contributed by atoms with Crippen molar-refractivity contribution in [2.24, 2.45) is 0 Å². The molecule has 2 saturated heterocycles. The minimum Gasteiger partial charge on any atom is -0.379 e. The molecule has 0 aromatic carbocycles. The van der Waals surface area contributed by atoms with Crippen molar-refractivity contribution in [3.63, 3.8) is 0 Å². The maximum absolute atomic E-state index is 12.1. The Bertz CT molecular complexity index is 339. The van der Waals surface area contributed by atoms with Crippen LogP contribution in [-0.4, -0.2) is 99.3 Å². The quantitative estimate of drug-likeness (QED) is 0.648. The van der Waals surface area contributed by atoms with E-state index in [0.29, 0.717) is 0 Å². The molecule has 2 rings (SSSR count). The Hall–Kier alpha value is -0.690. The first-order valence-corrected chi connectivity index (χ1v) is 9.17. The molecule has 1 N–H and O–H groups in total. The molecule has 0 aromatic rings. The zero-order valence-electron chi connectivity index (χ0n) is 14.9. The lowest BCUT2D eigenvalue weighted by atomic mass is 10.2. The number of nitrogens with one attached hydrogen (secondary N) is 1. The third kappa shape index (κ3) is 6.75. The van der Waals surface area contributed by atoms with E-state index >= 15 is 0 Å². The Morgan fingerprint density at radius 2 is 1.74 bits per heavy atom. The van der Waals surface area contributed by atoms with Gasteiger partial charge in [-0.15, -0.1) is 0 Å². The number of likely N-dealkylation sites (N-methyl/N-ethyl adjacent to an activating group) is 1.